The number of likely N-dealkylation sites (tertiary alicyclic amines) is 1. The number of carbonyl (C=O) groups is 1. The molecule has 1 rings (SSSR count). The van der Waals surface area contributed by atoms with Gasteiger partial charge in [0.05, 0.1) is 0 Å². The van der Waals surface area contributed by atoms with Gasteiger partial charge in [-0.25, -0.2) is 0 Å². The van der Waals surface area contributed by atoms with Gasteiger partial charge in [-0.3, -0.25) is 4.79 Å². The van der Waals surface area contributed by atoms with Crippen molar-refractivity contribution in [2.45, 2.75) is 32.3 Å². The molecule has 0 spiro atoms. The van der Waals surface area contributed by atoms with Crippen LogP contribution >= 0.6 is 0 Å². The van der Waals surface area contributed by atoms with Crippen molar-refractivity contribution in [1.82, 2.24) is 10.2 Å². The molecular weight excluding hydrogens is 192 g/mol. The largest absolute Gasteiger partial charge is 0.381 e. The number of nitrogens with one attached hydrogen (secondary N) is 1. The van der Waals surface area contributed by atoms with Crippen LogP contribution < -0.4 is 5.32 Å². The molecule has 1 heterocycles. The maximum absolute atomic E-state index is 11.3. The molecule has 0 saturated carbocycles. The topological polar surface area (TPSA) is 52.6 Å². The van der Waals surface area contributed by atoms with Crippen LogP contribution in [0.2, 0.25) is 0 Å². The van der Waals surface area contributed by atoms with Crippen molar-refractivity contribution in [2.24, 2.45) is 5.92 Å². The van der Waals surface area contributed by atoms with E-state index < -0.39 is 5.60 Å². The lowest BCUT2D eigenvalue weighted by Gasteiger charge is -2.17. The first kappa shape index (κ1) is 12.5. The second-order valence-corrected chi connectivity index (χ2v) is 5.02. The predicted molar refractivity (Wildman–Crippen MR) is 59.5 cm³/mol. The third-order valence-electron chi connectivity index (χ3n) is 2.88. The van der Waals surface area contributed by atoms with E-state index in [9.17, 15) is 9.90 Å². The Morgan fingerprint density at radius 2 is 2.27 bits per heavy atom. The molecular formula is C11H22N2O2. The quantitative estimate of drug-likeness (QED) is 0.703. The fourth-order valence-corrected chi connectivity index (χ4v) is 1.87. The molecule has 0 aromatic heterocycles. The Morgan fingerprint density at radius 3 is 2.73 bits per heavy atom. The fourth-order valence-electron chi connectivity index (χ4n) is 1.87. The maximum Gasteiger partial charge on any atom is 0.251 e. The number of hydrogen-bond donors (Lipinski definition) is 2. The summed E-state index contributed by atoms with van der Waals surface area (Å²) in [6.45, 7) is 5.96. The molecule has 15 heavy (non-hydrogen) atoms. The Hall–Kier alpha value is -0.610. The summed E-state index contributed by atoms with van der Waals surface area (Å²) in [5.41, 5.74) is -1.26. The van der Waals surface area contributed by atoms with Crippen LogP contribution in [-0.2, 0) is 4.79 Å². The van der Waals surface area contributed by atoms with E-state index >= 15 is 0 Å². The van der Waals surface area contributed by atoms with Crippen LogP contribution in [0.15, 0.2) is 0 Å². The third-order valence-corrected chi connectivity index (χ3v) is 2.88. The van der Waals surface area contributed by atoms with Gasteiger partial charge < -0.3 is 15.3 Å². The molecule has 0 radical (unpaired) electrons. The summed E-state index contributed by atoms with van der Waals surface area (Å²) in [7, 11) is 2.12. The zero-order valence-corrected chi connectivity index (χ0v) is 9.92. The molecule has 1 unspecified atom stereocenters. The maximum atomic E-state index is 11.3. The lowest BCUT2D eigenvalue weighted by Crippen LogP contribution is -2.42. The minimum atomic E-state index is -1.26. The van der Waals surface area contributed by atoms with Crippen molar-refractivity contribution in [3.63, 3.8) is 0 Å². The van der Waals surface area contributed by atoms with Gasteiger partial charge in [0.1, 0.15) is 5.60 Å². The minimum absolute atomic E-state index is 0.283. The Balaban J connectivity index is 2.14. The van der Waals surface area contributed by atoms with Gasteiger partial charge in [-0.05, 0) is 46.2 Å². The first-order chi connectivity index (χ1) is 6.89. The standard InChI is InChI=1S/C11H22N2O2/c1-11(2,15)10(14)12-6-4-9-5-7-13(3)8-9/h9,15H,4-8H2,1-3H3,(H,12,14). The molecule has 0 bridgehead atoms. The van der Waals surface area contributed by atoms with E-state index in [0.29, 0.717) is 12.5 Å². The fraction of sp³-hybridized carbons (Fsp3) is 0.909. The molecule has 1 amide bonds. The van der Waals surface area contributed by atoms with Crippen LogP contribution in [0.25, 0.3) is 0 Å². The van der Waals surface area contributed by atoms with Crippen LogP contribution in [0.4, 0.5) is 0 Å². The number of amides is 1. The van der Waals surface area contributed by atoms with Crippen LogP contribution in [0.3, 0.4) is 0 Å². The van der Waals surface area contributed by atoms with Gasteiger partial charge in [-0.2, -0.15) is 0 Å². The van der Waals surface area contributed by atoms with Crippen molar-refractivity contribution < 1.29 is 9.90 Å². The molecule has 0 aromatic carbocycles. The molecule has 1 atom stereocenters. The number of aliphatic hydroxyl groups is 1. The molecule has 4 nitrogen and oxygen atoms in total. The molecule has 1 saturated heterocycles. The highest BCUT2D eigenvalue weighted by Gasteiger charge is 2.24. The number of carbonyl (C=O) groups excluding carboxylic acids is 1. The summed E-state index contributed by atoms with van der Waals surface area (Å²) >= 11 is 0. The van der Waals surface area contributed by atoms with E-state index in [4.69, 9.17) is 0 Å². The Kier molecular flexibility index (Phi) is 4.11. The van der Waals surface area contributed by atoms with Crippen LogP contribution in [0.5, 0.6) is 0 Å². The van der Waals surface area contributed by atoms with E-state index in [1.54, 1.807) is 0 Å². The van der Waals surface area contributed by atoms with Gasteiger partial charge >= 0.3 is 0 Å². The first-order valence-corrected chi connectivity index (χ1v) is 5.59. The molecule has 88 valence electrons. The first-order valence-electron chi connectivity index (χ1n) is 5.59. The molecule has 0 aliphatic carbocycles. The summed E-state index contributed by atoms with van der Waals surface area (Å²) in [6.07, 6.45) is 2.22. The van der Waals surface area contributed by atoms with Crippen molar-refractivity contribution in [3.8, 4) is 0 Å². The summed E-state index contributed by atoms with van der Waals surface area (Å²) in [5.74, 6) is 0.408. The lowest BCUT2D eigenvalue weighted by atomic mass is 10.0. The highest BCUT2D eigenvalue weighted by molar-refractivity contribution is 5.83. The zero-order valence-electron chi connectivity index (χ0n) is 9.92. The lowest BCUT2D eigenvalue weighted by molar-refractivity contribution is -0.136. The Bertz CT molecular complexity index is 223. The van der Waals surface area contributed by atoms with Crippen LogP contribution in [0.1, 0.15) is 26.7 Å². The number of rotatable bonds is 4. The Labute approximate surface area is 91.6 Å². The van der Waals surface area contributed by atoms with E-state index in [1.807, 2.05) is 0 Å². The van der Waals surface area contributed by atoms with Gasteiger partial charge in [0, 0.05) is 13.1 Å². The second kappa shape index (κ2) is 4.94. The summed E-state index contributed by atoms with van der Waals surface area (Å²) < 4.78 is 0. The summed E-state index contributed by atoms with van der Waals surface area (Å²) in [6, 6.07) is 0. The molecule has 1 aliphatic rings. The van der Waals surface area contributed by atoms with E-state index in [2.05, 4.69) is 17.3 Å². The van der Waals surface area contributed by atoms with Crippen molar-refractivity contribution in [1.29, 1.82) is 0 Å². The van der Waals surface area contributed by atoms with Gasteiger partial charge in [-0.1, -0.05) is 0 Å². The Morgan fingerprint density at radius 1 is 1.60 bits per heavy atom. The van der Waals surface area contributed by atoms with Crippen LogP contribution in [0, 0.1) is 5.92 Å². The van der Waals surface area contributed by atoms with Gasteiger partial charge in [0.25, 0.3) is 5.91 Å². The van der Waals surface area contributed by atoms with E-state index in [0.717, 1.165) is 19.5 Å². The second-order valence-electron chi connectivity index (χ2n) is 5.02. The van der Waals surface area contributed by atoms with Crippen molar-refractivity contribution in [3.05, 3.63) is 0 Å². The smallest absolute Gasteiger partial charge is 0.251 e. The van der Waals surface area contributed by atoms with E-state index in [-0.39, 0.29) is 5.91 Å². The van der Waals surface area contributed by atoms with Gasteiger partial charge in [0.2, 0.25) is 0 Å². The number of nitrogens with zero attached hydrogens (tertiary/aromatic N) is 1. The monoisotopic (exact) mass is 214 g/mol. The van der Waals surface area contributed by atoms with Crippen molar-refractivity contribution >= 4 is 5.91 Å². The van der Waals surface area contributed by atoms with Gasteiger partial charge in [0.15, 0.2) is 0 Å². The minimum Gasteiger partial charge on any atom is -0.381 e. The zero-order chi connectivity index (χ0) is 11.5. The van der Waals surface area contributed by atoms with Crippen LogP contribution in [-0.4, -0.2) is 48.2 Å². The van der Waals surface area contributed by atoms with Crippen molar-refractivity contribution in [2.75, 3.05) is 26.7 Å². The van der Waals surface area contributed by atoms with Gasteiger partial charge in [-0.15, -0.1) is 0 Å². The molecule has 4 heteroatoms. The molecule has 1 aliphatic heterocycles. The average Bonchev–Trinajstić information content (AvgIpc) is 2.49. The summed E-state index contributed by atoms with van der Waals surface area (Å²) in [5, 5.41) is 12.2. The molecule has 1 fully saturated rings. The SMILES string of the molecule is CN1CCC(CCNC(=O)C(C)(C)O)C1. The molecule has 2 N–H and O–H groups in total. The number of hydrogen-bond acceptors (Lipinski definition) is 3. The van der Waals surface area contributed by atoms with E-state index in [1.165, 1.54) is 20.3 Å². The average molecular weight is 214 g/mol. The highest BCUT2D eigenvalue weighted by Crippen LogP contribution is 2.17. The highest BCUT2D eigenvalue weighted by atomic mass is 16.3. The summed E-state index contributed by atoms with van der Waals surface area (Å²) in [4.78, 5) is 13.6. The normalized spacial score (nSPS) is 23.1. The molecule has 0 aromatic rings. The predicted octanol–water partition coefficient (Wildman–Crippen LogP) is 0.215. The third kappa shape index (κ3) is 4.18.